The van der Waals surface area contributed by atoms with E-state index in [2.05, 4.69) is 27.3 Å². The van der Waals surface area contributed by atoms with Crippen LogP contribution in [-0.4, -0.2) is 40.3 Å². The van der Waals surface area contributed by atoms with Gasteiger partial charge >= 0.3 is 0 Å². The van der Waals surface area contributed by atoms with Gasteiger partial charge in [0.25, 0.3) is 0 Å². The number of sulfonamides is 1. The number of nitrogens with zero attached hydrogens (tertiary/aromatic N) is 1. The average Bonchev–Trinajstić information content (AvgIpc) is 2.56. The van der Waals surface area contributed by atoms with Crippen LogP contribution in [0.3, 0.4) is 0 Å². The maximum absolute atomic E-state index is 12.0. The van der Waals surface area contributed by atoms with Crippen LogP contribution in [0.1, 0.15) is 31.7 Å². The van der Waals surface area contributed by atoms with Crippen LogP contribution < -0.4 is 15.4 Å². The highest BCUT2D eigenvalue weighted by Crippen LogP contribution is 1.98. The predicted octanol–water partition coefficient (Wildman–Crippen LogP) is 1.46. The van der Waals surface area contributed by atoms with Gasteiger partial charge in [0.1, 0.15) is 0 Å². The van der Waals surface area contributed by atoms with E-state index >= 15 is 0 Å². The van der Waals surface area contributed by atoms with E-state index in [4.69, 9.17) is 0 Å². The van der Waals surface area contributed by atoms with E-state index < -0.39 is 10.0 Å². The molecule has 1 aromatic rings. The minimum Gasteiger partial charge on any atom is -0.356 e. The molecule has 0 spiro atoms. The van der Waals surface area contributed by atoms with Crippen LogP contribution in [0, 0.1) is 0 Å². The Morgan fingerprint density at radius 3 is 2.43 bits per heavy atom. The molecule has 0 bridgehead atoms. The van der Waals surface area contributed by atoms with Crippen molar-refractivity contribution >= 4 is 16.0 Å². The molecule has 0 heterocycles. The van der Waals surface area contributed by atoms with Gasteiger partial charge in [-0.15, -0.1) is 0 Å². The number of hydrogen-bond donors (Lipinski definition) is 3. The summed E-state index contributed by atoms with van der Waals surface area (Å²) in [6.45, 7) is 3.62. The first-order chi connectivity index (χ1) is 11.1. The minimum atomic E-state index is -3.31. The topological polar surface area (TPSA) is 82.6 Å². The second-order valence-electron chi connectivity index (χ2n) is 5.26. The Labute approximate surface area is 139 Å². The summed E-state index contributed by atoms with van der Waals surface area (Å²) in [5.74, 6) is 0.648. The van der Waals surface area contributed by atoms with Gasteiger partial charge in [-0.1, -0.05) is 50.1 Å². The van der Waals surface area contributed by atoms with Gasteiger partial charge in [0.2, 0.25) is 10.0 Å². The Morgan fingerprint density at radius 1 is 1.09 bits per heavy atom. The van der Waals surface area contributed by atoms with Crippen LogP contribution in [0.4, 0.5) is 0 Å². The number of benzene rings is 1. The van der Waals surface area contributed by atoms with Crippen LogP contribution in [0.2, 0.25) is 0 Å². The van der Waals surface area contributed by atoms with Gasteiger partial charge in [-0.2, -0.15) is 0 Å². The van der Waals surface area contributed by atoms with Crippen molar-refractivity contribution < 1.29 is 8.42 Å². The number of unbranched alkanes of at least 4 members (excludes halogenated alkanes) is 2. The normalized spacial score (nSPS) is 12.2. The zero-order chi connectivity index (χ0) is 17.0. The molecule has 1 aromatic carbocycles. The van der Waals surface area contributed by atoms with Crippen molar-refractivity contribution in [2.45, 2.75) is 32.7 Å². The molecule has 0 aliphatic rings. The first kappa shape index (κ1) is 19.4. The average molecular weight is 340 g/mol. The molecule has 3 N–H and O–H groups in total. The number of rotatable bonds is 10. The lowest BCUT2D eigenvalue weighted by Crippen LogP contribution is -2.41. The van der Waals surface area contributed by atoms with Crippen LogP contribution in [0.15, 0.2) is 35.3 Å². The van der Waals surface area contributed by atoms with E-state index in [9.17, 15) is 8.42 Å². The van der Waals surface area contributed by atoms with Gasteiger partial charge in [0, 0.05) is 26.7 Å². The molecule has 7 heteroatoms. The lowest BCUT2D eigenvalue weighted by atomic mass is 10.2. The summed E-state index contributed by atoms with van der Waals surface area (Å²) in [5.41, 5.74) is 0.942. The highest BCUT2D eigenvalue weighted by Gasteiger charge is 2.10. The van der Waals surface area contributed by atoms with E-state index in [1.165, 1.54) is 12.8 Å². The molecule has 0 saturated carbocycles. The number of nitrogens with one attached hydrogen (secondary N) is 3. The van der Waals surface area contributed by atoms with Crippen molar-refractivity contribution in [2.75, 3.05) is 25.9 Å². The van der Waals surface area contributed by atoms with Crippen molar-refractivity contribution in [3.05, 3.63) is 35.9 Å². The first-order valence-electron chi connectivity index (χ1n) is 8.03. The van der Waals surface area contributed by atoms with Gasteiger partial charge in [0.05, 0.1) is 5.75 Å². The maximum atomic E-state index is 12.0. The first-order valence-corrected chi connectivity index (χ1v) is 9.68. The monoisotopic (exact) mass is 340 g/mol. The quantitative estimate of drug-likeness (QED) is 0.342. The summed E-state index contributed by atoms with van der Waals surface area (Å²) in [7, 11) is -1.63. The molecule has 0 unspecified atom stereocenters. The van der Waals surface area contributed by atoms with Crippen molar-refractivity contribution in [2.24, 2.45) is 4.99 Å². The number of hydrogen-bond acceptors (Lipinski definition) is 3. The van der Waals surface area contributed by atoms with E-state index in [0.717, 1.165) is 18.5 Å². The van der Waals surface area contributed by atoms with E-state index in [1.807, 2.05) is 30.3 Å². The summed E-state index contributed by atoms with van der Waals surface area (Å²) < 4.78 is 26.5. The van der Waals surface area contributed by atoms with E-state index in [1.54, 1.807) is 7.05 Å². The molecule has 0 aliphatic carbocycles. The Hall–Kier alpha value is -1.60. The molecule has 6 nitrogen and oxygen atoms in total. The fourth-order valence-corrected chi connectivity index (χ4v) is 2.87. The molecular formula is C16H28N4O2S. The van der Waals surface area contributed by atoms with Gasteiger partial charge in [0.15, 0.2) is 5.96 Å². The largest absolute Gasteiger partial charge is 0.356 e. The third-order valence-corrected chi connectivity index (χ3v) is 4.62. The van der Waals surface area contributed by atoms with Crippen molar-refractivity contribution in [1.29, 1.82) is 0 Å². The summed E-state index contributed by atoms with van der Waals surface area (Å²) in [6, 6.07) is 9.46. The van der Waals surface area contributed by atoms with Crippen molar-refractivity contribution in [1.82, 2.24) is 15.4 Å². The zero-order valence-electron chi connectivity index (χ0n) is 14.0. The second kappa shape index (κ2) is 11.0. The number of guanidine groups is 1. The highest BCUT2D eigenvalue weighted by atomic mass is 32.2. The molecule has 1 rings (SSSR count). The Bertz CT molecular complexity index is 559. The second-order valence-corrected chi connectivity index (χ2v) is 7.18. The third-order valence-electron chi connectivity index (χ3n) is 3.30. The van der Waals surface area contributed by atoms with E-state index in [0.29, 0.717) is 19.0 Å². The van der Waals surface area contributed by atoms with Crippen molar-refractivity contribution in [3.8, 4) is 0 Å². The fraction of sp³-hybridized carbons (Fsp3) is 0.562. The SMILES string of the molecule is CCCCCNC(=NC)NCCS(=O)(=O)NCc1ccccc1. The lowest BCUT2D eigenvalue weighted by Gasteiger charge is -2.12. The molecular weight excluding hydrogens is 312 g/mol. The summed E-state index contributed by atoms with van der Waals surface area (Å²) in [4.78, 5) is 4.08. The number of aliphatic imine (C=N–C) groups is 1. The smallest absolute Gasteiger partial charge is 0.213 e. The Balaban J connectivity index is 2.26. The van der Waals surface area contributed by atoms with E-state index in [-0.39, 0.29) is 5.75 Å². The van der Waals surface area contributed by atoms with Gasteiger partial charge in [-0.3, -0.25) is 4.99 Å². The standard InChI is InChI=1S/C16H28N4O2S/c1-3-4-8-11-18-16(17-2)19-12-13-23(21,22)20-14-15-9-6-5-7-10-15/h5-7,9-10,20H,3-4,8,11-14H2,1-2H3,(H2,17,18,19). The molecule has 0 radical (unpaired) electrons. The highest BCUT2D eigenvalue weighted by molar-refractivity contribution is 7.89. The van der Waals surface area contributed by atoms with Crippen LogP contribution in [0.5, 0.6) is 0 Å². The van der Waals surface area contributed by atoms with Crippen LogP contribution in [0.25, 0.3) is 0 Å². The molecule has 0 aromatic heterocycles. The minimum absolute atomic E-state index is 0.00942. The Kier molecular flexibility index (Phi) is 9.31. The fourth-order valence-electron chi connectivity index (χ4n) is 1.97. The lowest BCUT2D eigenvalue weighted by molar-refractivity contribution is 0.579. The molecule has 0 atom stereocenters. The molecule has 0 aliphatic heterocycles. The van der Waals surface area contributed by atoms with Gasteiger partial charge in [-0.05, 0) is 12.0 Å². The molecule has 0 saturated heterocycles. The summed E-state index contributed by atoms with van der Waals surface area (Å²) in [6.07, 6.45) is 3.41. The van der Waals surface area contributed by atoms with Crippen LogP contribution >= 0.6 is 0 Å². The maximum Gasteiger partial charge on any atom is 0.213 e. The Morgan fingerprint density at radius 2 is 1.78 bits per heavy atom. The zero-order valence-corrected chi connectivity index (χ0v) is 14.8. The molecule has 23 heavy (non-hydrogen) atoms. The van der Waals surface area contributed by atoms with Gasteiger partial charge < -0.3 is 10.6 Å². The molecule has 0 amide bonds. The van der Waals surface area contributed by atoms with Gasteiger partial charge in [-0.25, -0.2) is 13.1 Å². The summed E-state index contributed by atoms with van der Waals surface area (Å²) in [5, 5.41) is 6.19. The van der Waals surface area contributed by atoms with Crippen molar-refractivity contribution in [3.63, 3.8) is 0 Å². The summed E-state index contributed by atoms with van der Waals surface area (Å²) >= 11 is 0. The van der Waals surface area contributed by atoms with Crippen LogP contribution in [-0.2, 0) is 16.6 Å². The third kappa shape index (κ3) is 9.20. The molecule has 130 valence electrons. The molecule has 0 fully saturated rings. The predicted molar refractivity (Wildman–Crippen MR) is 96.0 cm³/mol.